The zero-order valence-electron chi connectivity index (χ0n) is 11.0. The zero-order chi connectivity index (χ0) is 12.4. The van der Waals surface area contributed by atoms with Gasteiger partial charge in [-0.25, -0.2) is 0 Å². The van der Waals surface area contributed by atoms with Gasteiger partial charge < -0.3 is 10.1 Å². The van der Waals surface area contributed by atoms with Crippen LogP contribution in [0.1, 0.15) is 5.56 Å². The molecule has 1 aromatic carbocycles. The number of benzene rings is 1. The number of hydrogen-bond donors (Lipinski definition) is 1. The van der Waals surface area contributed by atoms with Crippen LogP contribution in [0.4, 0.5) is 0 Å². The maximum absolute atomic E-state index is 5.70. The fraction of sp³-hybridized carbons (Fsp3) is 0.600. The van der Waals surface area contributed by atoms with Gasteiger partial charge in [0, 0.05) is 37.5 Å². The fourth-order valence-corrected chi connectivity index (χ4v) is 3.48. The molecule has 1 N–H and O–H groups in total. The first-order chi connectivity index (χ1) is 8.86. The number of likely N-dealkylation sites (tertiary alicyclic amines) is 1. The molecule has 0 amide bonds. The van der Waals surface area contributed by atoms with Gasteiger partial charge in [0.05, 0.1) is 13.2 Å². The van der Waals surface area contributed by atoms with Crippen LogP contribution in [0.5, 0.6) is 0 Å². The monoisotopic (exact) mass is 246 g/mol. The van der Waals surface area contributed by atoms with Gasteiger partial charge in [-0.15, -0.1) is 0 Å². The summed E-state index contributed by atoms with van der Waals surface area (Å²) < 4.78 is 5.70. The second kappa shape index (κ2) is 5.39. The van der Waals surface area contributed by atoms with Crippen molar-refractivity contribution >= 4 is 0 Å². The molecule has 2 atom stereocenters. The number of nitrogens with one attached hydrogen (secondary N) is 1. The van der Waals surface area contributed by atoms with Crippen LogP contribution in [-0.2, 0) is 11.3 Å². The summed E-state index contributed by atoms with van der Waals surface area (Å²) in [5, 5.41) is 3.48. The third-order valence-electron chi connectivity index (χ3n) is 4.25. The van der Waals surface area contributed by atoms with Crippen molar-refractivity contribution < 1.29 is 4.74 Å². The Hall–Kier alpha value is -0.900. The van der Waals surface area contributed by atoms with Gasteiger partial charge in [-0.3, -0.25) is 4.90 Å². The Labute approximate surface area is 109 Å². The second-order valence-electron chi connectivity index (χ2n) is 5.55. The number of nitrogens with zero attached hydrogens (tertiary/aromatic N) is 1. The Morgan fingerprint density at radius 1 is 1.17 bits per heavy atom. The largest absolute Gasteiger partial charge is 0.381 e. The second-order valence-corrected chi connectivity index (χ2v) is 5.55. The Balaban J connectivity index is 1.66. The van der Waals surface area contributed by atoms with Gasteiger partial charge in [0.2, 0.25) is 0 Å². The highest BCUT2D eigenvalue weighted by Crippen LogP contribution is 2.28. The van der Waals surface area contributed by atoms with Gasteiger partial charge >= 0.3 is 0 Å². The van der Waals surface area contributed by atoms with E-state index in [1.807, 2.05) is 0 Å². The molecule has 0 aromatic heterocycles. The SMILES string of the molecule is CNC1C2COCC1CN(Cc1ccccc1)C2. The lowest BCUT2D eigenvalue weighted by Crippen LogP contribution is -2.59. The van der Waals surface area contributed by atoms with E-state index in [2.05, 4.69) is 47.6 Å². The van der Waals surface area contributed by atoms with E-state index in [4.69, 9.17) is 4.74 Å². The summed E-state index contributed by atoms with van der Waals surface area (Å²) in [5.41, 5.74) is 1.42. The average molecular weight is 246 g/mol. The van der Waals surface area contributed by atoms with Crippen LogP contribution in [-0.4, -0.2) is 44.3 Å². The van der Waals surface area contributed by atoms with Gasteiger partial charge in [-0.2, -0.15) is 0 Å². The third kappa shape index (κ3) is 2.44. The molecule has 0 saturated carbocycles. The first kappa shape index (κ1) is 12.2. The van der Waals surface area contributed by atoms with Gasteiger partial charge in [0.15, 0.2) is 0 Å². The van der Waals surface area contributed by atoms with E-state index >= 15 is 0 Å². The van der Waals surface area contributed by atoms with E-state index in [0.717, 1.165) is 32.8 Å². The molecule has 2 aliphatic heterocycles. The number of piperidine rings is 1. The number of hydrogen-bond acceptors (Lipinski definition) is 3. The summed E-state index contributed by atoms with van der Waals surface area (Å²) in [4.78, 5) is 2.58. The van der Waals surface area contributed by atoms with Crippen molar-refractivity contribution in [3.63, 3.8) is 0 Å². The molecule has 98 valence electrons. The van der Waals surface area contributed by atoms with Crippen molar-refractivity contribution in [1.29, 1.82) is 0 Å². The molecule has 2 unspecified atom stereocenters. The molecule has 2 aliphatic rings. The maximum Gasteiger partial charge on any atom is 0.0521 e. The van der Waals surface area contributed by atoms with Crippen molar-refractivity contribution in [3.8, 4) is 0 Å². The van der Waals surface area contributed by atoms with Gasteiger partial charge in [-0.05, 0) is 12.6 Å². The minimum absolute atomic E-state index is 0.644. The fourth-order valence-electron chi connectivity index (χ4n) is 3.48. The Morgan fingerprint density at radius 2 is 1.83 bits per heavy atom. The molecule has 0 spiro atoms. The van der Waals surface area contributed by atoms with Crippen molar-refractivity contribution in [3.05, 3.63) is 35.9 Å². The lowest BCUT2D eigenvalue weighted by molar-refractivity contribution is -0.0646. The predicted molar refractivity (Wildman–Crippen MR) is 72.4 cm³/mol. The van der Waals surface area contributed by atoms with E-state index in [9.17, 15) is 0 Å². The molecule has 1 aromatic rings. The van der Waals surface area contributed by atoms with E-state index in [1.54, 1.807) is 0 Å². The molecule has 2 bridgehead atoms. The molecular formula is C15H22N2O. The summed E-state index contributed by atoms with van der Waals surface area (Å²) in [6.45, 7) is 5.19. The van der Waals surface area contributed by atoms with Crippen LogP contribution in [0.2, 0.25) is 0 Å². The van der Waals surface area contributed by atoms with E-state index in [-0.39, 0.29) is 0 Å². The first-order valence-corrected chi connectivity index (χ1v) is 6.88. The molecule has 0 radical (unpaired) electrons. The standard InChI is InChI=1S/C15H22N2O/c1-16-15-13-8-17(9-14(15)11-18-10-13)7-12-5-3-2-4-6-12/h2-6,13-16H,7-11H2,1H3. The molecular weight excluding hydrogens is 224 g/mol. The predicted octanol–water partition coefficient (Wildman–Crippen LogP) is 1.35. The van der Waals surface area contributed by atoms with Crippen molar-refractivity contribution in [1.82, 2.24) is 10.2 Å². The quantitative estimate of drug-likeness (QED) is 0.871. The van der Waals surface area contributed by atoms with E-state index in [0.29, 0.717) is 17.9 Å². The summed E-state index contributed by atoms with van der Waals surface area (Å²) >= 11 is 0. The smallest absolute Gasteiger partial charge is 0.0521 e. The highest BCUT2D eigenvalue weighted by molar-refractivity contribution is 5.14. The molecule has 0 aliphatic carbocycles. The molecule has 2 fully saturated rings. The van der Waals surface area contributed by atoms with Crippen molar-refractivity contribution in [2.45, 2.75) is 12.6 Å². The summed E-state index contributed by atoms with van der Waals surface area (Å²) in [5.74, 6) is 1.29. The number of fused-ring (bicyclic) bond motifs is 2. The highest BCUT2D eigenvalue weighted by atomic mass is 16.5. The number of ether oxygens (including phenoxy) is 1. The lowest BCUT2D eigenvalue weighted by atomic mass is 9.82. The van der Waals surface area contributed by atoms with Crippen molar-refractivity contribution in [2.75, 3.05) is 33.4 Å². The molecule has 2 heterocycles. The third-order valence-corrected chi connectivity index (χ3v) is 4.25. The Bertz CT molecular complexity index is 367. The first-order valence-electron chi connectivity index (χ1n) is 6.88. The Morgan fingerprint density at radius 3 is 2.44 bits per heavy atom. The van der Waals surface area contributed by atoms with Gasteiger partial charge in [0.25, 0.3) is 0 Å². The summed E-state index contributed by atoms with van der Waals surface area (Å²) in [6.07, 6.45) is 0. The van der Waals surface area contributed by atoms with E-state index < -0.39 is 0 Å². The minimum Gasteiger partial charge on any atom is -0.381 e. The minimum atomic E-state index is 0.644. The summed E-state index contributed by atoms with van der Waals surface area (Å²) in [6, 6.07) is 11.4. The van der Waals surface area contributed by atoms with E-state index in [1.165, 1.54) is 5.56 Å². The Kier molecular flexibility index (Phi) is 3.64. The lowest BCUT2D eigenvalue weighted by Gasteiger charge is -2.47. The van der Waals surface area contributed by atoms with Crippen molar-refractivity contribution in [2.24, 2.45) is 11.8 Å². The van der Waals surface area contributed by atoms with Gasteiger partial charge in [-0.1, -0.05) is 30.3 Å². The van der Waals surface area contributed by atoms with Gasteiger partial charge in [0.1, 0.15) is 0 Å². The van der Waals surface area contributed by atoms with Crippen LogP contribution in [0, 0.1) is 11.8 Å². The molecule has 3 nitrogen and oxygen atoms in total. The van der Waals surface area contributed by atoms with Crippen LogP contribution in [0.3, 0.4) is 0 Å². The molecule has 2 saturated heterocycles. The maximum atomic E-state index is 5.70. The topological polar surface area (TPSA) is 24.5 Å². The van der Waals surface area contributed by atoms with Crippen LogP contribution < -0.4 is 5.32 Å². The molecule has 3 rings (SSSR count). The van der Waals surface area contributed by atoms with Crippen LogP contribution in [0.15, 0.2) is 30.3 Å². The summed E-state index contributed by atoms with van der Waals surface area (Å²) in [7, 11) is 2.09. The zero-order valence-corrected chi connectivity index (χ0v) is 11.0. The highest BCUT2D eigenvalue weighted by Gasteiger charge is 2.39. The normalized spacial score (nSPS) is 32.4. The number of rotatable bonds is 3. The molecule has 3 heteroatoms. The average Bonchev–Trinajstić information content (AvgIpc) is 2.39. The van der Waals surface area contributed by atoms with Crippen LogP contribution in [0.25, 0.3) is 0 Å². The van der Waals surface area contributed by atoms with Crippen LogP contribution >= 0.6 is 0 Å². The molecule has 18 heavy (non-hydrogen) atoms.